The first-order valence-corrected chi connectivity index (χ1v) is 5.59. The smallest absolute Gasteiger partial charge is 0.0641 e. The number of hydrogen-bond donors (Lipinski definition) is 1. The highest BCUT2D eigenvalue weighted by atomic mass is 35.5. The zero-order chi connectivity index (χ0) is 12.1. The maximum absolute atomic E-state index is 8.60. The Morgan fingerprint density at radius 3 is 2.06 bits per heavy atom. The number of nitriles is 1. The Kier molecular flexibility index (Phi) is 5.38. The molecule has 0 saturated heterocycles. The zero-order valence-electron chi connectivity index (χ0n) is 9.91. The number of halogens is 1. The van der Waals surface area contributed by atoms with E-state index in [1.807, 2.05) is 42.5 Å². The Bertz CT molecular complexity index is 514. The molecular weight excluding hydrogens is 244 g/mol. The minimum Gasteiger partial charge on any atom is -0.323 e. The molecule has 2 N–H and O–H groups in total. The van der Waals surface area contributed by atoms with Gasteiger partial charge in [0.05, 0.1) is 12.5 Å². The second-order valence-electron chi connectivity index (χ2n) is 3.96. The van der Waals surface area contributed by atoms with Gasteiger partial charge in [0.1, 0.15) is 0 Å². The van der Waals surface area contributed by atoms with E-state index >= 15 is 0 Å². The van der Waals surface area contributed by atoms with Crippen molar-refractivity contribution in [1.82, 2.24) is 0 Å². The van der Waals surface area contributed by atoms with Crippen LogP contribution in [-0.4, -0.2) is 0 Å². The summed E-state index contributed by atoms with van der Waals surface area (Å²) in [5.74, 6) is 0. The first-order chi connectivity index (χ1) is 8.31. The third kappa shape index (κ3) is 3.33. The molecule has 2 aromatic carbocycles. The summed E-state index contributed by atoms with van der Waals surface area (Å²) in [7, 11) is 0. The van der Waals surface area contributed by atoms with Crippen molar-refractivity contribution >= 4 is 12.4 Å². The monoisotopic (exact) mass is 258 g/mol. The molecule has 92 valence electrons. The fraction of sp³-hybridized carbons (Fsp3) is 0.133. The SMILES string of the molecule is Cl.N#CC[C@H](N)c1ccc(-c2ccccc2)cc1. The minimum atomic E-state index is -0.190. The molecule has 0 aliphatic heterocycles. The number of hydrogen-bond acceptors (Lipinski definition) is 2. The summed E-state index contributed by atoms with van der Waals surface area (Å²) < 4.78 is 0. The highest BCUT2D eigenvalue weighted by Crippen LogP contribution is 2.21. The van der Waals surface area contributed by atoms with Crippen LogP contribution in [0.15, 0.2) is 54.6 Å². The van der Waals surface area contributed by atoms with Crippen LogP contribution in [0.5, 0.6) is 0 Å². The van der Waals surface area contributed by atoms with Crippen LogP contribution in [0.1, 0.15) is 18.0 Å². The molecule has 0 aromatic heterocycles. The van der Waals surface area contributed by atoms with Gasteiger partial charge in [-0.1, -0.05) is 54.6 Å². The molecule has 0 aliphatic rings. The van der Waals surface area contributed by atoms with Gasteiger partial charge in [0.25, 0.3) is 0 Å². The molecule has 2 nitrogen and oxygen atoms in total. The molecule has 2 rings (SSSR count). The minimum absolute atomic E-state index is 0. The van der Waals surface area contributed by atoms with Crippen LogP contribution in [0, 0.1) is 11.3 Å². The van der Waals surface area contributed by atoms with Crippen molar-refractivity contribution in [2.45, 2.75) is 12.5 Å². The molecule has 18 heavy (non-hydrogen) atoms. The van der Waals surface area contributed by atoms with E-state index in [0.717, 1.165) is 5.56 Å². The predicted octanol–water partition coefficient (Wildman–Crippen LogP) is 3.69. The maximum atomic E-state index is 8.60. The molecule has 0 saturated carbocycles. The maximum Gasteiger partial charge on any atom is 0.0641 e. The van der Waals surface area contributed by atoms with E-state index in [1.165, 1.54) is 11.1 Å². The molecule has 2 aromatic rings. The Balaban J connectivity index is 0.00000162. The van der Waals surface area contributed by atoms with Crippen LogP contribution in [0.25, 0.3) is 11.1 Å². The lowest BCUT2D eigenvalue weighted by Gasteiger charge is -2.08. The van der Waals surface area contributed by atoms with E-state index in [1.54, 1.807) is 0 Å². The molecule has 0 aliphatic carbocycles. The fourth-order valence-electron chi connectivity index (χ4n) is 1.77. The van der Waals surface area contributed by atoms with E-state index in [2.05, 4.69) is 18.2 Å². The quantitative estimate of drug-likeness (QED) is 0.913. The van der Waals surface area contributed by atoms with Crippen molar-refractivity contribution in [3.8, 4) is 17.2 Å². The largest absolute Gasteiger partial charge is 0.323 e. The van der Waals surface area contributed by atoms with E-state index in [0.29, 0.717) is 6.42 Å². The third-order valence-electron chi connectivity index (χ3n) is 2.76. The summed E-state index contributed by atoms with van der Waals surface area (Å²) in [4.78, 5) is 0. The van der Waals surface area contributed by atoms with Gasteiger partial charge in [0.15, 0.2) is 0 Å². The van der Waals surface area contributed by atoms with E-state index in [9.17, 15) is 0 Å². The van der Waals surface area contributed by atoms with Gasteiger partial charge in [0.2, 0.25) is 0 Å². The predicted molar refractivity (Wildman–Crippen MR) is 76.3 cm³/mol. The first-order valence-electron chi connectivity index (χ1n) is 5.59. The molecule has 1 atom stereocenters. The lowest BCUT2D eigenvalue weighted by molar-refractivity contribution is 0.749. The van der Waals surface area contributed by atoms with E-state index < -0.39 is 0 Å². The average Bonchev–Trinajstić information content (AvgIpc) is 2.40. The summed E-state index contributed by atoms with van der Waals surface area (Å²) >= 11 is 0. The highest BCUT2D eigenvalue weighted by Gasteiger charge is 2.05. The third-order valence-corrected chi connectivity index (χ3v) is 2.76. The summed E-state index contributed by atoms with van der Waals surface area (Å²) in [6, 6.07) is 20.2. The van der Waals surface area contributed by atoms with Crippen LogP contribution in [0.3, 0.4) is 0 Å². The fourth-order valence-corrected chi connectivity index (χ4v) is 1.77. The topological polar surface area (TPSA) is 49.8 Å². The summed E-state index contributed by atoms with van der Waals surface area (Å²) in [6.07, 6.45) is 0.352. The van der Waals surface area contributed by atoms with Crippen molar-refractivity contribution < 1.29 is 0 Å². The van der Waals surface area contributed by atoms with Gasteiger partial charge in [-0.3, -0.25) is 0 Å². The first kappa shape index (κ1) is 14.2. The van der Waals surface area contributed by atoms with E-state index in [4.69, 9.17) is 11.0 Å². The Labute approximate surface area is 113 Å². The Hall–Kier alpha value is -1.82. The normalized spacial score (nSPS) is 11.1. The molecule has 0 radical (unpaired) electrons. The number of rotatable bonds is 3. The van der Waals surface area contributed by atoms with Gasteiger partial charge in [-0.05, 0) is 16.7 Å². The lowest BCUT2D eigenvalue weighted by Crippen LogP contribution is -2.08. The zero-order valence-corrected chi connectivity index (χ0v) is 10.7. The van der Waals surface area contributed by atoms with Crippen LogP contribution >= 0.6 is 12.4 Å². The van der Waals surface area contributed by atoms with Crippen LogP contribution in [0.2, 0.25) is 0 Å². The van der Waals surface area contributed by atoms with Crippen molar-refractivity contribution in [2.75, 3.05) is 0 Å². The van der Waals surface area contributed by atoms with Gasteiger partial charge < -0.3 is 5.73 Å². The van der Waals surface area contributed by atoms with Gasteiger partial charge in [-0.2, -0.15) is 5.26 Å². The van der Waals surface area contributed by atoms with Crippen LogP contribution in [0.4, 0.5) is 0 Å². The molecule has 0 spiro atoms. The Morgan fingerprint density at radius 2 is 1.50 bits per heavy atom. The molecule has 0 fully saturated rings. The van der Waals surface area contributed by atoms with Crippen molar-refractivity contribution in [3.63, 3.8) is 0 Å². The van der Waals surface area contributed by atoms with Crippen LogP contribution in [-0.2, 0) is 0 Å². The Morgan fingerprint density at radius 1 is 0.944 bits per heavy atom. The second-order valence-corrected chi connectivity index (χ2v) is 3.96. The van der Waals surface area contributed by atoms with Crippen molar-refractivity contribution in [2.24, 2.45) is 5.73 Å². The molecule has 0 heterocycles. The molecule has 0 bridgehead atoms. The molecule has 0 unspecified atom stereocenters. The van der Waals surface area contributed by atoms with Gasteiger partial charge in [-0.25, -0.2) is 0 Å². The van der Waals surface area contributed by atoms with Gasteiger partial charge >= 0.3 is 0 Å². The van der Waals surface area contributed by atoms with Gasteiger partial charge in [0, 0.05) is 6.04 Å². The number of nitrogens with zero attached hydrogens (tertiary/aromatic N) is 1. The van der Waals surface area contributed by atoms with Crippen LogP contribution < -0.4 is 5.73 Å². The highest BCUT2D eigenvalue weighted by molar-refractivity contribution is 5.85. The standard InChI is InChI=1S/C15H14N2.ClH/c16-11-10-15(17)14-8-6-13(7-9-14)12-4-2-1-3-5-12;/h1-9,15H,10,17H2;1H/t15-;/m0./s1. The summed E-state index contributed by atoms with van der Waals surface area (Å²) in [5.41, 5.74) is 9.23. The van der Waals surface area contributed by atoms with Gasteiger partial charge in [-0.15, -0.1) is 12.4 Å². The second kappa shape index (κ2) is 6.80. The molecule has 0 amide bonds. The lowest BCUT2D eigenvalue weighted by atomic mass is 10.00. The van der Waals surface area contributed by atoms with Crippen molar-refractivity contribution in [3.05, 3.63) is 60.2 Å². The molecule has 3 heteroatoms. The van der Waals surface area contributed by atoms with Crippen molar-refractivity contribution in [1.29, 1.82) is 5.26 Å². The summed E-state index contributed by atoms with van der Waals surface area (Å²) in [6.45, 7) is 0. The molecular formula is C15H15ClN2. The van der Waals surface area contributed by atoms with E-state index in [-0.39, 0.29) is 18.4 Å². The summed E-state index contributed by atoms with van der Waals surface area (Å²) in [5, 5.41) is 8.60. The number of benzene rings is 2. The average molecular weight is 259 g/mol. The number of nitrogens with two attached hydrogens (primary N) is 1.